The van der Waals surface area contributed by atoms with Crippen LogP contribution in [0, 0.1) is 10.1 Å². The Labute approximate surface area is 181 Å². The number of carbonyl (C=O) groups excluding carboxylic acids is 1. The molecule has 9 nitrogen and oxygen atoms in total. The second-order valence-corrected chi connectivity index (χ2v) is 6.67. The Balaban J connectivity index is 1.69. The molecule has 0 fully saturated rings. The Bertz CT molecular complexity index is 1090. The normalized spacial score (nSPS) is 10.5. The number of rotatable bonds is 8. The van der Waals surface area contributed by atoms with Gasteiger partial charge in [0.15, 0.2) is 12.4 Å². The van der Waals surface area contributed by atoms with Crippen LogP contribution in [0.1, 0.15) is 17.4 Å². The molecule has 0 aliphatic carbocycles. The van der Waals surface area contributed by atoms with Crippen molar-refractivity contribution in [2.45, 2.75) is 13.7 Å². The van der Waals surface area contributed by atoms with Gasteiger partial charge in [0.2, 0.25) is 0 Å². The number of nitrogens with zero attached hydrogens (tertiary/aromatic N) is 3. The standard InChI is InChI=1S/C19H16Cl2N4O5/c1-2-29-12-6-7-14(16(10-12)25(27)28)22-19(26)15-8-9-24(23-15)11-30-17-5-3-4-13(20)18(17)21/h3-10H,2,11H2,1H3,(H,22,26). The predicted molar refractivity (Wildman–Crippen MR) is 112 cm³/mol. The molecule has 0 radical (unpaired) electrons. The summed E-state index contributed by atoms with van der Waals surface area (Å²) in [4.78, 5) is 23.2. The van der Waals surface area contributed by atoms with Gasteiger partial charge < -0.3 is 14.8 Å². The number of hydrogen-bond acceptors (Lipinski definition) is 6. The molecule has 1 heterocycles. The van der Waals surface area contributed by atoms with Gasteiger partial charge in [-0.1, -0.05) is 29.3 Å². The fourth-order valence-electron chi connectivity index (χ4n) is 2.50. The quantitative estimate of drug-likeness (QED) is 0.390. The molecule has 0 atom stereocenters. The summed E-state index contributed by atoms with van der Waals surface area (Å²) >= 11 is 12.0. The molecule has 1 amide bonds. The summed E-state index contributed by atoms with van der Waals surface area (Å²) in [5, 5.41) is 18.5. The Kier molecular flexibility index (Phi) is 6.76. The molecule has 3 rings (SSSR count). The maximum absolute atomic E-state index is 12.5. The minimum Gasteiger partial charge on any atom is -0.494 e. The number of nitrogens with one attached hydrogen (secondary N) is 1. The van der Waals surface area contributed by atoms with Crippen molar-refractivity contribution >= 4 is 40.5 Å². The van der Waals surface area contributed by atoms with Crippen molar-refractivity contribution in [1.29, 1.82) is 0 Å². The van der Waals surface area contributed by atoms with Crippen LogP contribution in [0.15, 0.2) is 48.7 Å². The van der Waals surface area contributed by atoms with Gasteiger partial charge in [-0.3, -0.25) is 14.9 Å². The van der Waals surface area contributed by atoms with Gasteiger partial charge in [-0.2, -0.15) is 5.10 Å². The Morgan fingerprint density at radius 3 is 2.77 bits per heavy atom. The van der Waals surface area contributed by atoms with E-state index in [1.165, 1.54) is 35.1 Å². The van der Waals surface area contributed by atoms with E-state index in [0.717, 1.165) is 0 Å². The smallest absolute Gasteiger partial charge is 0.296 e. The maximum Gasteiger partial charge on any atom is 0.296 e. The van der Waals surface area contributed by atoms with Crippen LogP contribution in [0.25, 0.3) is 0 Å². The zero-order valence-corrected chi connectivity index (χ0v) is 17.2. The molecule has 0 spiro atoms. The summed E-state index contributed by atoms with van der Waals surface area (Å²) in [6, 6.07) is 10.6. The average Bonchev–Trinajstić information content (AvgIpc) is 3.19. The zero-order valence-electron chi connectivity index (χ0n) is 15.7. The van der Waals surface area contributed by atoms with E-state index in [2.05, 4.69) is 10.4 Å². The first kappa shape index (κ1) is 21.4. The van der Waals surface area contributed by atoms with Gasteiger partial charge in [0.25, 0.3) is 11.6 Å². The van der Waals surface area contributed by atoms with Crippen molar-refractivity contribution in [2.75, 3.05) is 11.9 Å². The fourth-order valence-corrected chi connectivity index (χ4v) is 2.84. The molecule has 0 saturated heterocycles. The first-order chi connectivity index (χ1) is 14.4. The van der Waals surface area contributed by atoms with E-state index in [0.29, 0.717) is 23.1 Å². The largest absolute Gasteiger partial charge is 0.494 e. The number of ether oxygens (including phenoxy) is 2. The fraction of sp³-hybridized carbons (Fsp3) is 0.158. The van der Waals surface area contributed by atoms with Gasteiger partial charge in [-0.15, -0.1) is 0 Å². The third kappa shape index (κ3) is 5.00. The number of benzene rings is 2. The third-order valence-corrected chi connectivity index (χ3v) is 4.67. The van der Waals surface area contributed by atoms with Gasteiger partial charge in [0.05, 0.1) is 22.6 Å². The second-order valence-electron chi connectivity index (χ2n) is 5.89. The summed E-state index contributed by atoms with van der Waals surface area (Å²) in [6.07, 6.45) is 1.53. The van der Waals surface area contributed by atoms with Crippen LogP contribution in [0.2, 0.25) is 10.0 Å². The Morgan fingerprint density at radius 1 is 1.23 bits per heavy atom. The van der Waals surface area contributed by atoms with E-state index in [1.807, 2.05) is 0 Å². The highest BCUT2D eigenvalue weighted by Crippen LogP contribution is 2.32. The Hall–Kier alpha value is -3.30. The minimum atomic E-state index is -0.609. The van der Waals surface area contributed by atoms with Gasteiger partial charge in [-0.05, 0) is 37.3 Å². The van der Waals surface area contributed by atoms with Crippen LogP contribution in [0.5, 0.6) is 11.5 Å². The van der Waals surface area contributed by atoms with Crippen molar-refractivity contribution < 1.29 is 19.2 Å². The van der Waals surface area contributed by atoms with E-state index in [1.54, 1.807) is 25.1 Å². The Morgan fingerprint density at radius 2 is 2.03 bits per heavy atom. The summed E-state index contributed by atoms with van der Waals surface area (Å²) < 4.78 is 12.2. The number of carbonyl (C=O) groups is 1. The van der Waals surface area contributed by atoms with Crippen LogP contribution >= 0.6 is 23.2 Å². The number of halogens is 2. The van der Waals surface area contributed by atoms with Crippen molar-refractivity contribution in [2.24, 2.45) is 0 Å². The number of anilines is 1. The van der Waals surface area contributed by atoms with E-state index >= 15 is 0 Å². The molecule has 0 unspecified atom stereocenters. The molecule has 0 aliphatic rings. The molecule has 1 aromatic heterocycles. The molecule has 0 aliphatic heterocycles. The molecule has 30 heavy (non-hydrogen) atoms. The van der Waals surface area contributed by atoms with Crippen molar-refractivity contribution in [1.82, 2.24) is 9.78 Å². The highest BCUT2D eigenvalue weighted by Gasteiger charge is 2.19. The molecule has 2 aromatic carbocycles. The number of aromatic nitrogens is 2. The lowest BCUT2D eigenvalue weighted by Gasteiger charge is -2.09. The molecule has 1 N–H and O–H groups in total. The maximum atomic E-state index is 12.5. The molecular weight excluding hydrogens is 435 g/mol. The number of nitro groups is 1. The SMILES string of the molecule is CCOc1ccc(NC(=O)c2ccn(COc3cccc(Cl)c3Cl)n2)c([N+](=O)[O-])c1. The second kappa shape index (κ2) is 9.47. The number of amides is 1. The molecule has 0 saturated carbocycles. The van der Waals surface area contributed by atoms with Gasteiger partial charge in [-0.25, -0.2) is 4.68 Å². The summed E-state index contributed by atoms with van der Waals surface area (Å²) in [6.45, 7) is 2.11. The van der Waals surface area contributed by atoms with Crippen molar-refractivity contribution in [3.63, 3.8) is 0 Å². The topological polar surface area (TPSA) is 109 Å². The molecule has 11 heteroatoms. The molecule has 0 bridgehead atoms. The minimum absolute atomic E-state index is 0.0173. The monoisotopic (exact) mass is 450 g/mol. The first-order valence-corrected chi connectivity index (χ1v) is 9.47. The lowest BCUT2D eigenvalue weighted by Crippen LogP contribution is -2.15. The van der Waals surface area contributed by atoms with Gasteiger partial charge >= 0.3 is 0 Å². The van der Waals surface area contributed by atoms with Crippen LogP contribution in [-0.2, 0) is 6.73 Å². The highest BCUT2D eigenvalue weighted by atomic mass is 35.5. The van der Waals surface area contributed by atoms with Crippen LogP contribution in [0.3, 0.4) is 0 Å². The van der Waals surface area contributed by atoms with E-state index in [4.69, 9.17) is 32.7 Å². The lowest BCUT2D eigenvalue weighted by molar-refractivity contribution is -0.384. The summed E-state index contributed by atoms with van der Waals surface area (Å²) in [7, 11) is 0. The van der Waals surface area contributed by atoms with Gasteiger partial charge in [0.1, 0.15) is 22.2 Å². The zero-order chi connectivity index (χ0) is 21.7. The number of hydrogen-bond donors (Lipinski definition) is 1. The van der Waals surface area contributed by atoms with Gasteiger partial charge in [0, 0.05) is 6.20 Å². The number of nitro benzene ring substituents is 1. The first-order valence-electron chi connectivity index (χ1n) is 8.72. The van der Waals surface area contributed by atoms with Crippen LogP contribution in [-0.4, -0.2) is 27.2 Å². The molecule has 3 aromatic rings. The van der Waals surface area contributed by atoms with Crippen molar-refractivity contribution in [3.05, 3.63) is 74.5 Å². The summed E-state index contributed by atoms with van der Waals surface area (Å²) in [5.41, 5.74) is -0.198. The van der Waals surface area contributed by atoms with E-state index < -0.39 is 10.8 Å². The molecular formula is C19H16Cl2N4O5. The highest BCUT2D eigenvalue weighted by molar-refractivity contribution is 6.42. The summed E-state index contributed by atoms with van der Waals surface area (Å²) in [5.74, 6) is 0.0979. The third-order valence-electron chi connectivity index (χ3n) is 3.87. The predicted octanol–water partition coefficient (Wildman–Crippen LogP) is 4.79. The molecule has 156 valence electrons. The average molecular weight is 451 g/mol. The van der Waals surface area contributed by atoms with E-state index in [-0.39, 0.29) is 28.8 Å². The van der Waals surface area contributed by atoms with Crippen LogP contribution in [0.4, 0.5) is 11.4 Å². The van der Waals surface area contributed by atoms with E-state index in [9.17, 15) is 14.9 Å². The lowest BCUT2D eigenvalue weighted by atomic mass is 10.2. The van der Waals surface area contributed by atoms with Crippen LogP contribution < -0.4 is 14.8 Å². The van der Waals surface area contributed by atoms with Crippen molar-refractivity contribution in [3.8, 4) is 11.5 Å².